The van der Waals surface area contributed by atoms with Crippen LogP contribution in [0.25, 0.3) is 0 Å². The van der Waals surface area contributed by atoms with Crippen molar-refractivity contribution >= 4 is 39.7 Å². The predicted octanol–water partition coefficient (Wildman–Crippen LogP) is 5.64. The molecule has 0 unspecified atom stereocenters. The van der Waals surface area contributed by atoms with Gasteiger partial charge in [0.2, 0.25) is 4.77 Å². The molecule has 0 amide bonds. The van der Waals surface area contributed by atoms with Crippen LogP contribution < -0.4 is 14.9 Å². The lowest BCUT2D eigenvalue weighted by Crippen LogP contribution is -2.18. The summed E-state index contributed by atoms with van der Waals surface area (Å²) in [5.41, 5.74) is 5.22. The fourth-order valence-corrected chi connectivity index (χ4v) is 3.77. The van der Waals surface area contributed by atoms with E-state index in [1.165, 1.54) is 0 Å². The van der Waals surface area contributed by atoms with E-state index in [-0.39, 0.29) is 0 Å². The summed E-state index contributed by atoms with van der Waals surface area (Å²) in [5.74, 6) is 2.16. The Bertz CT molecular complexity index is 1040. The van der Waals surface area contributed by atoms with Crippen LogP contribution in [-0.2, 0) is 19.6 Å². The van der Waals surface area contributed by atoms with Gasteiger partial charge in [-0.25, -0.2) is 4.68 Å². The largest absolute Gasteiger partial charge is 0.493 e. The first-order valence-electron chi connectivity index (χ1n) is 9.16. The van der Waals surface area contributed by atoms with E-state index in [0.29, 0.717) is 34.4 Å². The Morgan fingerprint density at radius 2 is 2.14 bits per heavy atom. The zero-order chi connectivity index (χ0) is 20.8. The van der Waals surface area contributed by atoms with Gasteiger partial charge in [0.25, 0.3) is 0 Å². The summed E-state index contributed by atoms with van der Waals surface area (Å²) in [4.78, 5) is 0. The van der Waals surface area contributed by atoms with Crippen molar-refractivity contribution in [3.8, 4) is 11.5 Å². The van der Waals surface area contributed by atoms with Gasteiger partial charge in [0.05, 0.1) is 13.7 Å². The Hall–Kier alpha value is -2.03. The standard InChI is InChI=1S/C20H22BrClN4O2S/c1-3-5-18-24-25-20(29)26(18)23-11-15-16(21)8-9-17(27-2)19(15)28-12-13-6-4-7-14(22)10-13/h4,6-10,23H,3,5,11-12H2,1-2H3,(H,25,29). The van der Waals surface area contributed by atoms with E-state index in [1.807, 2.05) is 36.4 Å². The molecule has 0 saturated heterocycles. The Kier molecular flexibility index (Phi) is 7.57. The molecule has 6 nitrogen and oxygen atoms in total. The molecule has 0 bridgehead atoms. The molecule has 0 aliphatic heterocycles. The number of rotatable bonds is 9. The highest BCUT2D eigenvalue weighted by molar-refractivity contribution is 9.10. The minimum absolute atomic E-state index is 0.368. The van der Waals surface area contributed by atoms with Crippen LogP contribution in [0.3, 0.4) is 0 Å². The molecule has 1 heterocycles. The van der Waals surface area contributed by atoms with Crippen molar-refractivity contribution in [1.29, 1.82) is 0 Å². The molecule has 0 spiro atoms. The lowest BCUT2D eigenvalue weighted by Gasteiger charge is -2.18. The number of aromatic nitrogens is 3. The van der Waals surface area contributed by atoms with Crippen LogP contribution in [-0.4, -0.2) is 22.0 Å². The Morgan fingerprint density at radius 3 is 2.86 bits per heavy atom. The number of H-pyrrole nitrogens is 1. The summed E-state index contributed by atoms with van der Waals surface area (Å²) in [6, 6.07) is 11.4. The van der Waals surface area contributed by atoms with Crippen molar-refractivity contribution < 1.29 is 9.47 Å². The summed E-state index contributed by atoms with van der Waals surface area (Å²) in [6.45, 7) is 2.93. The third-order valence-corrected chi connectivity index (χ3v) is 5.54. The van der Waals surface area contributed by atoms with E-state index in [1.54, 1.807) is 11.8 Å². The maximum absolute atomic E-state index is 6.15. The van der Waals surface area contributed by atoms with Crippen molar-refractivity contribution in [2.75, 3.05) is 12.5 Å². The summed E-state index contributed by atoms with van der Waals surface area (Å²) in [5, 5.41) is 7.79. The molecule has 154 valence electrons. The highest BCUT2D eigenvalue weighted by atomic mass is 79.9. The molecule has 0 atom stereocenters. The van der Waals surface area contributed by atoms with E-state index in [4.69, 9.17) is 33.3 Å². The van der Waals surface area contributed by atoms with Gasteiger partial charge in [-0.3, -0.25) is 5.10 Å². The molecule has 1 aromatic heterocycles. The van der Waals surface area contributed by atoms with Crippen LogP contribution >= 0.6 is 39.7 Å². The van der Waals surface area contributed by atoms with Crippen LogP contribution in [0.4, 0.5) is 0 Å². The van der Waals surface area contributed by atoms with Gasteiger partial charge < -0.3 is 14.9 Å². The van der Waals surface area contributed by atoms with Gasteiger partial charge in [-0.05, 0) is 48.5 Å². The number of methoxy groups -OCH3 is 1. The molecule has 0 radical (unpaired) electrons. The number of halogens is 2. The van der Waals surface area contributed by atoms with Crippen molar-refractivity contribution in [3.63, 3.8) is 0 Å². The SMILES string of the molecule is CCCc1n[nH]c(=S)n1NCc1c(Br)ccc(OC)c1OCc1cccc(Cl)c1. The van der Waals surface area contributed by atoms with Crippen molar-refractivity contribution in [1.82, 2.24) is 14.9 Å². The third kappa shape index (κ3) is 5.32. The second kappa shape index (κ2) is 10.1. The highest BCUT2D eigenvalue weighted by Crippen LogP contribution is 2.37. The first-order valence-corrected chi connectivity index (χ1v) is 10.7. The first kappa shape index (κ1) is 21.7. The molecule has 3 rings (SSSR count). The van der Waals surface area contributed by atoms with Crippen LogP contribution in [0.1, 0.15) is 30.3 Å². The van der Waals surface area contributed by atoms with Gasteiger partial charge in [0.1, 0.15) is 6.61 Å². The number of ether oxygens (including phenoxy) is 2. The molecule has 0 aliphatic carbocycles. The normalized spacial score (nSPS) is 10.8. The maximum Gasteiger partial charge on any atom is 0.214 e. The first-order chi connectivity index (χ1) is 14.0. The molecular weight excluding hydrogens is 476 g/mol. The van der Waals surface area contributed by atoms with Crippen LogP contribution in [0, 0.1) is 4.77 Å². The zero-order valence-corrected chi connectivity index (χ0v) is 19.3. The van der Waals surface area contributed by atoms with Crippen molar-refractivity contribution in [2.24, 2.45) is 0 Å². The van der Waals surface area contributed by atoms with Crippen LogP contribution in [0.2, 0.25) is 5.02 Å². The molecule has 3 aromatic rings. The van der Waals surface area contributed by atoms with Gasteiger partial charge in [-0.15, -0.1) is 0 Å². The van der Waals surface area contributed by atoms with Gasteiger partial charge >= 0.3 is 0 Å². The molecular formula is C20H22BrClN4O2S. The van der Waals surface area contributed by atoms with E-state index in [0.717, 1.165) is 34.3 Å². The Labute approximate surface area is 188 Å². The van der Waals surface area contributed by atoms with Crippen LogP contribution in [0.5, 0.6) is 11.5 Å². The van der Waals surface area contributed by atoms with E-state index < -0.39 is 0 Å². The minimum Gasteiger partial charge on any atom is -0.493 e. The summed E-state index contributed by atoms with van der Waals surface area (Å²) < 4.78 is 14.9. The van der Waals surface area contributed by atoms with Crippen LogP contribution in [0.15, 0.2) is 40.9 Å². The summed E-state index contributed by atoms with van der Waals surface area (Å²) >= 11 is 15.1. The quantitative estimate of drug-likeness (QED) is 0.375. The lowest BCUT2D eigenvalue weighted by atomic mass is 10.1. The lowest BCUT2D eigenvalue weighted by molar-refractivity contribution is 0.281. The third-order valence-electron chi connectivity index (χ3n) is 4.29. The maximum atomic E-state index is 6.15. The highest BCUT2D eigenvalue weighted by Gasteiger charge is 2.16. The molecule has 29 heavy (non-hydrogen) atoms. The average molecular weight is 498 g/mol. The van der Waals surface area contributed by atoms with Gasteiger partial charge in [0, 0.05) is 21.5 Å². The topological polar surface area (TPSA) is 64.1 Å². The molecule has 2 N–H and O–H groups in total. The van der Waals surface area contributed by atoms with E-state index >= 15 is 0 Å². The van der Waals surface area contributed by atoms with Gasteiger partial charge in [-0.1, -0.05) is 46.6 Å². The molecule has 0 saturated carbocycles. The summed E-state index contributed by atoms with van der Waals surface area (Å²) in [7, 11) is 1.62. The second-order valence-corrected chi connectivity index (χ2v) is 8.02. The number of aromatic amines is 1. The summed E-state index contributed by atoms with van der Waals surface area (Å²) in [6.07, 6.45) is 1.79. The smallest absolute Gasteiger partial charge is 0.214 e. The molecule has 2 aromatic carbocycles. The molecule has 0 fully saturated rings. The second-order valence-electron chi connectivity index (χ2n) is 6.34. The Balaban J connectivity index is 1.86. The average Bonchev–Trinajstić information content (AvgIpc) is 3.05. The van der Waals surface area contributed by atoms with E-state index in [2.05, 4.69) is 38.5 Å². The molecule has 9 heteroatoms. The van der Waals surface area contributed by atoms with Crippen molar-refractivity contribution in [2.45, 2.75) is 32.9 Å². The fourth-order valence-electron chi connectivity index (χ4n) is 2.89. The predicted molar refractivity (Wildman–Crippen MR) is 121 cm³/mol. The van der Waals surface area contributed by atoms with E-state index in [9.17, 15) is 0 Å². The Morgan fingerprint density at radius 1 is 1.31 bits per heavy atom. The number of benzene rings is 2. The van der Waals surface area contributed by atoms with Gasteiger partial charge in [-0.2, -0.15) is 5.10 Å². The van der Waals surface area contributed by atoms with Gasteiger partial charge in [0.15, 0.2) is 17.3 Å². The number of nitrogens with zero attached hydrogens (tertiary/aromatic N) is 2. The number of hydrogen-bond acceptors (Lipinski definition) is 5. The monoisotopic (exact) mass is 496 g/mol. The fraction of sp³-hybridized carbons (Fsp3) is 0.300. The minimum atomic E-state index is 0.368. The zero-order valence-electron chi connectivity index (χ0n) is 16.2. The number of aryl methyl sites for hydroxylation is 1. The van der Waals surface area contributed by atoms with Crippen molar-refractivity contribution in [3.05, 3.63) is 67.6 Å². The number of nitrogens with one attached hydrogen (secondary N) is 2. The number of hydrogen-bond donors (Lipinski definition) is 2. The molecule has 0 aliphatic rings.